The van der Waals surface area contributed by atoms with Crippen molar-refractivity contribution in [1.29, 1.82) is 0 Å². The maximum atomic E-state index is 10.1. The summed E-state index contributed by atoms with van der Waals surface area (Å²) in [6.07, 6.45) is -1.59. The van der Waals surface area contributed by atoms with Crippen molar-refractivity contribution in [3.8, 4) is 0 Å². The molecule has 1 rings (SSSR count). The fourth-order valence-electron chi connectivity index (χ4n) is 3.36. The summed E-state index contributed by atoms with van der Waals surface area (Å²) < 4.78 is 15.1. The average molecular weight is 394 g/mol. The molecule has 0 amide bonds. The van der Waals surface area contributed by atoms with Gasteiger partial charge in [0, 0.05) is 80.2 Å². The summed E-state index contributed by atoms with van der Waals surface area (Å²) in [4.78, 5) is 6.63. The molecule has 1 fully saturated rings. The molecule has 3 N–H and O–H groups in total. The fraction of sp³-hybridized carbons (Fsp3) is 1.00. The topological polar surface area (TPSA) is 98.1 Å². The normalized spacial score (nSPS) is 22.0. The van der Waals surface area contributed by atoms with Gasteiger partial charge in [0.25, 0.3) is 0 Å². The van der Waals surface area contributed by atoms with E-state index < -0.39 is 18.3 Å². The summed E-state index contributed by atoms with van der Waals surface area (Å²) >= 11 is 0. The molecule has 1 heterocycles. The third-order valence-electron chi connectivity index (χ3n) is 4.68. The van der Waals surface area contributed by atoms with E-state index in [1.54, 1.807) is 21.3 Å². The van der Waals surface area contributed by atoms with E-state index in [4.69, 9.17) is 14.2 Å². The molecule has 0 aliphatic carbocycles. The number of rotatable bonds is 12. The average Bonchev–Trinajstić information content (AvgIpc) is 2.69. The van der Waals surface area contributed by atoms with Gasteiger partial charge in [-0.3, -0.25) is 14.7 Å². The molecule has 0 aromatic heterocycles. The first-order valence-electron chi connectivity index (χ1n) is 9.66. The standard InChI is InChI=1S/C18H39N3O6/c1-25-13-16(22)10-19-4-6-20(11-17(23)14-26-2)8-9-21(7-5-19)12-18(24)15-27-3/h16-18,22-24H,4-15H2,1-3H3. The molecule has 1 aliphatic rings. The van der Waals surface area contributed by atoms with E-state index in [-0.39, 0.29) is 0 Å². The Morgan fingerprint density at radius 2 is 0.778 bits per heavy atom. The third kappa shape index (κ3) is 11.3. The second kappa shape index (κ2) is 14.6. The van der Waals surface area contributed by atoms with E-state index >= 15 is 0 Å². The van der Waals surface area contributed by atoms with Crippen LogP contribution in [0.5, 0.6) is 0 Å². The van der Waals surface area contributed by atoms with Crippen LogP contribution in [0.1, 0.15) is 0 Å². The molecule has 3 atom stereocenters. The van der Waals surface area contributed by atoms with E-state index in [2.05, 4.69) is 14.7 Å². The maximum absolute atomic E-state index is 10.1. The van der Waals surface area contributed by atoms with Crippen molar-refractivity contribution >= 4 is 0 Å². The Labute approximate surface area is 163 Å². The van der Waals surface area contributed by atoms with Gasteiger partial charge in [-0.05, 0) is 0 Å². The van der Waals surface area contributed by atoms with Crippen molar-refractivity contribution in [2.24, 2.45) is 0 Å². The van der Waals surface area contributed by atoms with E-state index in [1.165, 1.54) is 0 Å². The number of hydrogen-bond donors (Lipinski definition) is 3. The molecule has 0 radical (unpaired) electrons. The van der Waals surface area contributed by atoms with Gasteiger partial charge in [0.2, 0.25) is 0 Å². The third-order valence-corrected chi connectivity index (χ3v) is 4.68. The molecule has 0 aromatic rings. The van der Waals surface area contributed by atoms with Crippen LogP contribution < -0.4 is 0 Å². The van der Waals surface area contributed by atoms with E-state index in [1.807, 2.05) is 0 Å². The van der Waals surface area contributed by atoms with Gasteiger partial charge in [-0.1, -0.05) is 0 Å². The van der Waals surface area contributed by atoms with Gasteiger partial charge in [-0.25, -0.2) is 0 Å². The number of hydrogen-bond acceptors (Lipinski definition) is 9. The lowest BCUT2D eigenvalue weighted by Gasteiger charge is -2.28. The summed E-state index contributed by atoms with van der Waals surface area (Å²) in [5, 5.41) is 30.3. The summed E-state index contributed by atoms with van der Waals surface area (Å²) in [6.45, 7) is 7.34. The summed E-state index contributed by atoms with van der Waals surface area (Å²) in [7, 11) is 4.75. The predicted octanol–water partition coefficient (Wildman–Crippen LogP) is -2.07. The zero-order valence-corrected chi connectivity index (χ0v) is 17.1. The van der Waals surface area contributed by atoms with Gasteiger partial charge in [0.05, 0.1) is 38.1 Å². The quantitative estimate of drug-likeness (QED) is 0.345. The molecule has 0 aromatic carbocycles. The highest BCUT2D eigenvalue weighted by Gasteiger charge is 2.21. The van der Waals surface area contributed by atoms with E-state index in [9.17, 15) is 15.3 Å². The molecule has 1 aliphatic heterocycles. The first-order chi connectivity index (χ1) is 13.0. The number of nitrogens with zero attached hydrogens (tertiary/aromatic N) is 3. The van der Waals surface area contributed by atoms with Crippen LogP contribution >= 0.6 is 0 Å². The molecule has 162 valence electrons. The van der Waals surface area contributed by atoms with Crippen LogP contribution in [0.4, 0.5) is 0 Å². The molecular weight excluding hydrogens is 354 g/mol. The monoisotopic (exact) mass is 393 g/mol. The number of aliphatic hydroxyl groups is 3. The smallest absolute Gasteiger partial charge is 0.0900 e. The lowest BCUT2D eigenvalue weighted by molar-refractivity contribution is 0.0271. The van der Waals surface area contributed by atoms with Crippen molar-refractivity contribution < 1.29 is 29.5 Å². The number of methoxy groups -OCH3 is 3. The van der Waals surface area contributed by atoms with E-state index in [0.29, 0.717) is 39.5 Å². The highest BCUT2D eigenvalue weighted by Crippen LogP contribution is 2.05. The predicted molar refractivity (Wildman–Crippen MR) is 103 cm³/mol. The molecule has 1 saturated heterocycles. The second-order valence-corrected chi connectivity index (χ2v) is 7.23. The van der Waals surface area contributed by atoms with Crippen molar-refractivity contribution in [1.82, 2.24) is 14.7 Å². The highest BCUT2D eigenvalue weighted by molar-refractivity contribution is 4.76. The highest BCUT2D eigenvalue weighted by atomic mass is 16.5. The Bertz CT molecular complexity index is 302. The Morgan fingerprint density at radius 3 is 0.963 bits per heavy atom. The van der Waals surface area contributed by atoms with E-state index in [0.717, 1.165) is 39.3 Å². The Kier molecular flexibility index (Phi) is 13.4. The minimum atomic E-state index is -0.532. The Morgan fingerprint density at radius 1 is 0.556 bits per heavy atom. The summed E-state index contributed by atoms with van der Waals surface area (Å²) in [6, 6.07) is 0. The molecule has 9 heteroatoms. The van der Waals surface area contributed by atoms with Crippen LogP contribution in [0, 0.1) is 0 Å². The summed E-state index contributed by atoms with van der Waals surface area (Å²) in [5.74, 6) is 0. The molecule has 0 spiro atoms. The minimum Gasteiger partial charge on any atom is -0.389 e. The van der Waals surface area contributed by atoms with Gasteiger partial charge in [0.1, 0.15) is 0 Å². The molecule has 0 saturated carbocycles. The number of aliphatic hydroxyl groups excluding tert-OH is 3. The van der Waals surface area contributed by atoms with Gasteiger partial charge in [0.15, 0.2) is 0 Å². The second-order valence-electron chi connectivity index (χ2n) is 7.23. The molecule has 3 unspecified atom stereocenters. The zero-order chi connectivity index (χ0) is 20.1. The molecule has 0 bridgehead atoms. The lowest BCUT2D eigenvalue weighted by Crippen LogP contribution is -2.43. The SMILES string of the molecule is COCC(O)CN1CCN(CC(O)COC)CCN(CC(O)COC)CC1. The van der Waals surface area contributed by atoms with Gasteiger partial charge in [-0.15, -0.1) is 0 Å². The van der Waals surface area contributed by atoms with Gasteiger partial charge in [-0.2, -0.15) is 0 Å². The van der Waals surface area contributed by atoms with Crippen molar-refractivity contribution in [2.75, 3.05) is 100 Å². The Hall–Kier alpha value is -0.360. The van der Waals surface area contributed by atoms with Crippen molar-refractivity contribution in [3.63, 3.8) is 0 Å². The van der Waals surface area contributed by atoms with Crippen LogP contribution in [-0.4, -0.2) is 148 Å². The zero-order valence-electron chi connectivity index (χ0n) is 17.1. The van der Waals surface area contributed by atoms with Gasteiger partial charge < -0.3 is 29.5 Å². The van der Waals surface area contributed by atoms with Crippen LogP contribution in [0.15, 0.2) is 0 Å². The van der Waals surface area contributed by atoms with Crippen LogP contribution in [-0.2, 0) is 14.2 Å². The van der Waals surface area contributed by atoms with Crippen molar-refractivity contribution in [2.45, 2.75) is 18.3 Å². The number of ether oxygens (including phenoxy) is 3. The molecule has 9 nitrogen and oxygen atoms in total. The summed E-state index contributed by atoms with van der Waals surface area (Å²) in [5.41, 5.74) is 0. The van der Waals surface area contributed by atoms with Crippen LogP contribution in [0.25, 0.3) is 0 Å². The number of β-amino-alcohol motifs (C(OH)–C–C–N with tert-alkyl or cyclic N) is 3. The molecular formula is C18H39N3O6. The first kappa shape index (κ1) is 24.7. The first-order valence-corrected chi connectivity index (χ1v) is 9.66. The Balaban J connectivity index is 2.68. The van der Waals surface area contributed by atoms with Crippen molar-refractivity contribution in [3.05, 3.63) is 0 Å². The minimum absolute atomic E-state index is 0.309. The van der Waals surface area contributed by atoms with Crippen LogP contribution in [0.3, 0.4) is 0 Å². The largest absolute Gasteiger partial charge is 0.389 e. The van der Waals surface area contributed by atoms with Gasteiger partial charge >= 0.3 is 0 Å². The fourth-order valence-corrected chi connectivity index (χ4v) is 3.36. The van der Waals surface area contributed by atoms with Crippen LogP contribution in [0.2, 0.25) is 0 Å². The lowest BCUT2D eigenvalue weighted by atomic mass is 10.3. The molecule has 27 heavy (non-hydrogen) atoms. The maximum Gasteiger partial charge on any atom is 0.0900 e.